The monoisotopic (exact) mass is 500 g/mol. The molecule has 2 heterocycles. The average Bonchev–Trinajstić information content (AvgIpc) is 3.12. The number of benzene rings is 1. The Hall–Kier alpha value is -3.44. The first-order chi connectivity index (χ1) is 17.9. The summed E-state index contributed by atoms with van der Waals surface area (Å²) in [6.45, 7) is 1.29. The maximum atomic E-state index is 13.7. The van der Waals surface area contributed by atoms with Crippen LogP contribution >= 0.6 is 0 Å². The van der Waals surface area contributed by atoms with Crippen LogP contribution in [0.5, 0.6) is 0 Å². The van der Waals surface area contributed by atoms with Crippen LogP contribution in [0.25, 0.3) is 0 Å². The standard InChI is InChI=1S/C29H36N6O2/c1-33(2)29(24-11-4-3-5-12-24)15-13-28(14-16-29)21-34(27(37)35(28)19-22-8-6-9-22)20-25(36)32-26-23(18-30)10-7-17-31-26/h3-5,7,10-12,17,22H,6,8-9,13-16,19-21H2,1-2H3,(H,31,32,36). The number of carbonyl (C=O) groups excluding carboxylic acids is 2. The molecule has 1 aromatic carbocycles. The van der Waals surface area contributed by atoms with E-state index in [1.165, 1.54) is 24.8 Å². The summed E-state index contributed by atoms with van der Waals surface area (Å²) in [7, 11) is 4.31. The zero-order chi connectivity index (χ0) is 26.0. The Morgan fingerprint density at radius 3 is 2.49 bits per heavy atom. The van der Waals surface area contributed by atoms with Gasteiger partial charge < -0.3 is 15.1 Å². The van der Waals surface area contributed by atoms with Crippen LogP contribution in [0.2, 0.25) is 0 Å². The molecule has 1 aromatic heterocycles. The fourth-order valence-corrected chi connectivity index (χ4v) is 6.45. The van der Waals surface area contributed by atoms with Gasteiger partial charge >= 0.3 is 6.03 Å². The molecule has 2 aromatic rings. The van der Waals surface area contributed by atoms with Gasteiger partial charge in [-0.05, 0) is 76.2 Å². The summed E-state index contributed by atoms with van der Waals surface area (Å²) in [6.07, 6.45) is 8.82. The lowest BCUT2D eigenvalue weighted by atomic mass is 9.68. The van der Waals surface area contributed by atoms with Gasteiger partial charge in [0.1, 0.15) is 12.6 Å². The van der Waals surface area contributed by atoms with Crippen molar-refractivity contribution in [1.29, 1.82) is 5.26 Å². The molecular formula is C29H36N6O2. The number of rotatable bonds is 7. The first-order valence-electron chi connectivity index (χ1n) is 13.3. The van der Waals surface area contributed by atoms with E-state index in [1.54, 1.807) is 23.2 Å². The van der Waals surface area contributed by atoms with E-state index in [0.717, 1.165) is 32.2 Å². The van der Waals surface area contributed by atoms with Crippen molar-refractivity contribution in [3.8, 4) is 6.07 Å². The number of urea groups is 1. The van der Waals surface area contributed by atoms with Crippen LogP contribution in [0.4, 0.5) is 10.6 Å². The zero-order valence-corrected chi connectivity index (χ0v) is 21.8. The minimum absolute atomic E-state index is 0.0410. The Balaban J connectivity index is 1.35. The van der Waals surface area contributed by atoms with Crippen LogP contribution < -0.4 is 5.32 Å². The van der Waals surface area contributed by atoms with E-state index in [1.807, 2.05) is 0 Å². The first-order valence-corrected chi connectivity index (χ1v) is 13.3. The van der Waals surface area contributed by atoms with E-state index < -0.39 is 0 Å². The van der Waals surface area contributed by atoms with Crippen LogP contribution in [0.15, 0.2) is 48.7 Å². The average molecular weight is 501 g/mol. The smallest absolute Gasteiger partial charge is 0.317 e. The number of carbonyl (C=O) groups is 2. The van der Waals surface area contributed by atoms with Crippen LogP contribution in [-0.2, 0) is 10.3 Å². The van der Waals surface area contributed by atoms with Gasteiger partial charge in [-0.3, -0.25) is 9.69 Å². The van der Waals surface area contributed by atoms with Gasteiger partial charge in [-0.2, -0.15) is 5.26 Å². The number of pyridine rings is 1. The second kappa shape index (κ2) is 10.1. The third-order valence-electron chi connectivity index (χ3n) is 8.92. The van der Waals surface area contributed by atoms with Gasteiger partial charge in [0.15, 0.2) is 5.82 Å². The van der Waals surface area contributed by atoms with Crippen LogP contribution in [0.1, 0.15) is 56.1 Å². The number of nitrogens with zero attached hydrogens (tertiary/aromatic N) is 5. The minimum atomic E-state index is -0.327. The molecule has 8 nitrogen and oxygen atoms in total. The van der Waals surface area contributed by atoms with Crippen LogP contribution in [-0.4, -0.2) is 70.9 Å². The predicted molar refractivity (Wildman–Crippen MR) is 142 cm³/mol. The molecule has 1 saturated heterocycles. The highest BCUT2D eigenvalue weighted by Gasteiger charge is 2.55. The maximum Gasteiger partial charge on any atom is 0.321 e. The van der Waals surface area contributed by atoms with Crippen LogP contribution in [0, 0.1) is 17.2 Å². The number of nitrogens with one attached hydrogen (secondary N) is 1. The fourth-order valence-electron chi connectivity index (χ4n) is 6.45. The molecule has 1 N–H and O–H groups in total. The number of hydrogen-bond acceptors (Lipinski definition) is 5. The molecule has 3 fully saturated rings. The van der Waals surface area contributed by atoms with Gasteiger partial charge in [-0.1, -0.05) is 36.8 Å². The summed E-state index contributed by atoms with van der Waals surface area (Å²) in [5.74, 6) is 0.460. The highest BCUT2D eigenvalue weighted by Crippen LogP contribution is 2.49. The summed E-state index contributed by atoms with van der Waals surface area (Å²) >= 11 is 0. The molecule has 8 heteroatoms. The molecule has 37 heavy (non-hydrogen) atoms. The summed E-state index contributed by atoms with van der Waals surface area (Å²) in [5.41, 5.74) is 1.31. The number of aromatic nitrogens is 1. The molecule has 1 aliphatic heterocycles. The fraction of sp³-hybridized carbons (Fsp3) is 0.517. The van der Waals surface area contributed by atoms with Crippen molar-refractivity contribution in [1.82, 2.24) is 19.7 Å². The van der Waals surface area contributed by atoms with Crippen molar-refractivity contribution >= 4 is 17.8 Å². The number of amides is 3. The van der Waals surface area contributed by atoms with Crippen molar-refractivity contribution in [2.45, 2.75) is 56.0 Å². The summed E-state index contributed by atoms with van der Waals surface area (Å²) < 4.78 is 0. The van der Waals surface area contributed by atoms with Gasteiger partial charge in [0.2, 0.25) is 5.91 Å². The molecule has 3 amide bonds. The third-order valence-corrected chi connectivity index (χ3v) is 8.92. The Bertz CT molecular complexity index is 1180. The van der Waals surface area contributed by atoms with E-state index in [0.29, 0.717) is 18.0 Å². The van der Waals surface area contributed by atoms with Crippen molar-refractivity contribution in [2.24, 2.45) is 5.92 Å². The lowest BCUT2D eigenvalue weighted by Crippen LogP contribution is -2.56. The molecule has 2 saturated carbocycles. The van der Waals surface area contributed by atoms with Crippen molar-refractivity contribution in [2.75, 3.05) is 39.0 Å². The van der Waals surface area contributed by atoms with Gasteiger partial charge in [-0.15, -0.1) is 0 Å². The van der Waals surface area contributed by atoms with Crippen molar-refractivity contribution in [3.05, 3.63) is 59.8 Å². The maximum absolute atomic E-state index is 13.7. The van der Waals surface area contributed by atoms with E-state index in [4.69, 9.17) is 0 Å². The SMILES string of the molecule is CN(C)C1(c2ccccc2)CCC2(CC1)CN(CC(=O)Nc1ncccc1C#N)C(=O)N2CC1CCC1. The zero-order valence-electron chi connectivity index (χ0n) is 21.8. The molecule has 0 unspecified atom stereocenters. The Morgan fingerprint density at radius 1 is 1.14 bits per heavy atom. The lowest BCUT2D eigenvalue weighted by molar-refractivity contribution is -0.116. The summed E-state index contributed by atoms with van der Waals surface area (Å²) in [4.78, 5) is 36.9. The lowest BCUT2D eigenvalue weighted by Gasteiger charge is -2.51. The molecule has 194 valence electrons. The molecule has 3 aliphatic rings. The highest BCUT2D eigenvalue weighted by molar-refractivity contribution is 5.95. The highest BCUT2D eigenvalue weighted by atomic mass is 16.2. The number of anilines is 1. The molecule has 2 aliphatic carbocycles. The van der Waals surface area contributed by atoms with Gasteiger partial charge in [0.05, 0.1) is 11.1 Å². The van der Waals surface area contributed by atoms with E-state index in [9.17, 15) is 14.9 Å². The number of hydrogen-bond donors (Lipinski definition) is 1. The normalized spacial score (nSPS) is 25.8. The summed E-state index contributed by atoms with van der Waals surface area (Å²) in [6, 6.07) is 16.0. The largest absolute Gasteiger partial charge is 0.321 e. The predicted octanol–water partition coefficient (Wildman–Crippen LogP) is 4.20. The molecular weight excluding hydrogens is 464 g/mol. The Kier molecular flexibility index (Phi) is 6.91. The Labute approximate surface area is 219 Å². The molecule has 0 radical (unpaired) electrons. The molecule has 0 atom stereocenters. The quantitative estimate of drug-likeness (QED) is 0.615. The van der Waals surface area contributed by atoms with E-state index in [-0.39, 0.29) is 35.4 Å². The second-order valence-corrected chi connectivity index (χ2v) is 11.1. The molecule has 5 rings (SSSR count). The first kappa shape index (κ1) is 25.2. The van der Waals surface area contributed by atoms with Gasteiger partial charge in [-0.25, -0.2) is 9.78 Å². The Morgan fingerprint density at radius 2 is 1.86 bits per heavy atom. The third kappa shape index (κ3) is 4.69. The second-order valence-electron chi connectivity index (χ2n) is 11.1. The van der Waals surface area contributed by atoms with Crippen LogP contribution in [0.3, 0.4) is 0 Å². The van der Waals surface area contributed by atoms with E-state index >= 15 is 0 Å². The van der Waals surface area contributed by atoms with Crippen molar-refractivity contribution < 1.29 is 9.59 Å². The van der Waals surface area contributed by atoms with Gasteiger partial charge in [0.25, 0.3) is 0 Å². The van der Waals surface area contributed by atoms with E-state index in [2.05, 4.69) is 70.6 Å². The molecule has 0 bridgehead atoms. The van der Waals surface area contributed by atoms with Crippen molar-refractivity contribution in [3.63, 3.8) is 0 Å². The topological polar surface area (TPSA) is 92.6 Å². The number of nitriles is 1. The summed E-state index contributed by atoms with van der Waals surface area (Å²) in [5, 5.41) is 12.1. The molecule has 1 spiro atoms. The van der Waals surface area contributed by atoms with Gasteiger partial charge in [0, 0.05) is 24.8 Å². The minimum Gasteiger partial charge on any atom is -0.317 e.